The summed E-state index contributed by atoms with van der Waals surface area (Å²) in [5.74, 6) is 3.23. The third-order valence-electron chi connectivity index (χ3n) is 14.7. The van der Waals surface area contributed by atoms with Gasteiger partial charge in [0.25, 0.3) is 13.4 Å². The molecule has 0 bridgehead atoms. The van der Waals surface area contributed by atoms with Gasteiger partial charge >= 0.3 is 0 Å². The molecule has 7 heterocycles. The minimum Gasteiger partial charge on any atom is -0.458 e. The Kier molecular flexibility index (Phi) is 6.29. The van der Waals surface area contributed by atoms with E-state index in [1.54, 1.807) is 0 Å². The summed E-state index contributed by atoms with van der Waals surface area (Å²) < 4.78 is 27.4. The summed E-state index contributed by atoms with van der Waals surface area (Å²) in [5, 5.41) is 4.40. The van der Waals surface area contributed by atoms with Gasteiger partial charge in [-0.1, -0.05) is 120 Å². The summed E-state index contributed by atoms with van der Waals surface area (Å²) in [6, 6.07) is 48.7. The van der Waals surface area contributed by atoms with Crippen LogP contribution in [-0.4, -0.2) is 13.4 Å². The van der Waals surface area contributed by atoms with Crippen molar-refractivity contribution in [2.75, 3.05) is 9.80 Å². The number of rotatable bonds is 1. The molecule has 5 aliphatic heterocycles. The van der Waals surface area contributed by atoms with E-state index in [4.69, 9.17) is 18.3 Å². The van der Waals surface area contributed by atoms with Crippen molar-refractivity contribution < 1.29 is 18.3 Å². The van der Waals surface area contributed by atoms with E-state index in [1.807, 2.05) is 12.1 Å². The number of para-hydroxylation sites is 3. The topological polar surface area (TPSA) is 51.2 Å². The van der Waals surface area contributed by atoms with Crippen molar-refractivity contribution in [3.8, 4) is 23.0 Å². The number of anilines is 6. The molecule has 10 aromatic rings. The van der Waals surface area contributed by atoms with Crippen molar-refractivity contribution in [1.29, 1.82) is 0 Å². The molecule has 8 heteroatoms. The lowest BCUT2D eigenvalue weighted by atomic mass is 9.29. The van der Waals surface area contributed by atoms with Crippen LogP contribution in [0.15, 0.2) is 142 Å². The average Bonchev–Trinajstić information content (AvgIpc) is 3.83. The molecular formula is C56H40B2N2O4. The Morgan fingerprint density at radius 2 is 0.859 bits per heavy atom. The molecule has 0 saturated carbocycles. The lowest BCUT2D eigenvalue weighted by molar-refractivity contribution is 0.465. The van der Waals surface area contributed by atoms with Crippen LogP contribution in [0.5, 0.6) is 23.0 Å². The van der Waals surface area contributed by atoms with E-state index in [9.17, 15) is 0 Å². The highest BCUT2D eigenvalue weighted by molar-refractivity contribution is 7.04. The Morgan fingerprint density at radius 3 is 1.34 bits per heavy atom. The molecule has 0 saturated heterocycles. The molecule has 0 unspecified atom stereocenters. The van der Waals surface area contributed by atoms with Crippen LogP contribution in [0.2, 0.25) is 0 Å². The van der Waals surface area contributed by atoms with Gasteiger partial charge in [0.2, 0.25) is 0 Å². The van der Waals surface area contributed by atoms with E-state index >= 15 is 0 Å². The van der Waals surface area contributed by atoms with Crippen molar-refractivity contribution in [3.05, 3.63) is 145 Å². The molecule has 0 N–H and O–H groups in total. The minimum absolute atomic E-state index is 0.138. The van der Waals surface area contributed by atoms with Gasteiger partial charge in [-0.05, 0) is 91.1 Å². The number of nitrogens with zero attached hydrogens (tertiary/aromatic N) is 2. The van der Waals surface area contributed by atoms with Crippen molar-refractivity contribution in [1.82, 2.24) is 0 Å². The predicted molar refractivity (Wildman–Crippen MR) is 264 cm³/mol. The smallest absolute Gasteiger partial charge is 0.256 e. The summed E-state index contributed by atoms with van der Waals surface area (Å²) in [7, 11) is 0. The maximum absolute atomic E-state index is 7.20. The molecular weight excluding hydrogens is 786 g/mol. The first-order valence-corrected chi connectivity index (χ1v) is 22.5. The summed E-state index contributed by atoms with van der Waals surface area (Å²) >= 11 is 0. The molecule has 5 aliphatic rings. The zero-order chi connectivity index (χ0) is 42.7. The number of fused-ring (bicyclic) bond motifs is 12. The van der Waals surface area contributed by atoms with Gasteiger partial charge in [-0.25, -0.2) is 0 Å². The monoisotopic (exact) mass is 826 g/mol. The van der Waals surface area contributed by atoms with Crippen LogP contribution in [0.1, 0.15) is 52.7 Å². The second-order valence-electron chi connectivity index (χ2n) is 20.5. The molecule has 0 fully saturated rings. The van der Waals surface area contributed by atoms with Gasteiger partial charge in [0.15, 0.2) is 0 Å². The average molecular weight is 827 g/mol. The lowest BCUT2D eigenvalue weighted by Crippen LogP contribution is -2.68. The molecule has 304 valence electrons. The van der Waals surface area contributed by atoms with E-state index in [2.05, 4.69) is 173 Å². The maximum Gasteiger partial charge on any atom is 0.256 e. The summed E-state index contributed by atoms with van der Waals surface area (Å²) in [6.07, 6.45) is 0. The molecule has 0 spiro atoms. The Hall–Kier alpha value is -7.31. The van der Waals surface area contributed by atoms with Crippen LogP contribution in [-0.2, 0) is 10.8 Å². The second kappa shape index (κ2) is 11.4. The van der Waals surface area contributed by atoms with Gasteiger partial charge < -0.3 is 28.1 Å². The van der Waals surface area contributed by atoms with Gasteiger partial charge in [0.1, 0.15) is 45.3 Å². The van der Waals surface area contributed by atoms with E-state index in [1.165, 1.54) is 55.7 Å². The molecule has 0 radical (unpaired) electrons. The number of hydrogen-bond donors (Lipinski definition) is 0. The Bertz CT molecular complexity index is 3570. The first-order valence-electron chi connectivity index (χ1n) is 22.5. The second-order valence-corrected chi connectivity index (χ2v) is 20.5. The fourth-order valence-corrected chi connectivity index (χ4v) is 11.7. The highest BCUT2D eigenvalue weighted by atomic mass is 16.5. The van der Waals surface area contributed by atoms with Crippen LogP contribution in [0.4, 0.5) is 34.1 Å². The Morgan fingerprint density at radius 1 is 0.391 bits per heavy atom. The normalized spacial score (nSPS) is 14.8. The van der Waals surface area contributed by atoms with Crippen LogP contribution in [0.3, 0.4) is 0 Å². The molecule has 8 aromatic carbocycles. The first kappa shape index (κ1) is 35.2. The van der Waals surface area contributed by atoms with E-state index in [-0.39, 0.29) is 24.3 Å². The van der Waals surface area contributed by atoms with Crippen molar-refractivity contribution in [3.63, 3.8) is 0 Å². The number of hydrogen-bond acceptors (Lipinski definition) is 6. The maximum atomic E-state index is 7.20. The summed E-state index contributed by atoms with van der Waals surface area (Å²) in [5.41, 5.74) is 19.9. The van der Waals surface area contributed by atoms with E-state index in [0.717, 1.165) is 89.2 Å². The van der Waals surface area contributed by atoms with E-state index in [0.29, 0.717) is 0 Å². The predicted octanol–water partition coefficient (Wildman–Crippen LogP) is 11.2. The lowest BCUT2D eigenvalue weighted by Gasteiger charge is -2.52. The molecule has 0 atom stereocenters. The van der Waals surface area contributed by atoms with Crippen molar-refractivity contribution in [2.24, 2.45) is 0 Å². The number of furan rings is 2. The largest absolute Gasteiger partial charge is 0.458 e. The van der Waals surface area contributed by atoms with Gasteiger partial charge in [-0.3, -0.25) is 0 Å². The first-order chi connectivity index (χ1) is 31.0. The third-order valence-corrected chi connectivity index (χ3v) is 14.7. The van der Waals surface area contributed by atoms with Gasteiger partial charge in [-0.15, -0.1) is 0 Å². The standard InChI is InChI=1S/C56H40B2N2O4/c1-55(2,3)29-20-38-52-40(22-29)59(31-14-8-7-9-15-31)41-23-30(56(4,5)6)21-39-53(41)60(52)54-50-48(63-46-26-44-34(24-36(46)57(38)50)32-16-10-12-18-42(32)61-44)28-49-51(54)58(39)37-25-35-33-17-11-13-19-43(33)62-45(35)27-47(37)64-49/h7-28H,1-6H3. The van der Waals surface area contributed by atoms with E-state index < -0.39 is 0 Å². The van der Waals surface area contributed by atoms with Gasteiger partial charge in [-0.2, -0.15) is 0 Å². The molecule has 6 nitrogen and oxygen atoms in total. The number of benzene rings is 8. The highest BCUT2D eigenvalue weighted by Crippen LogP contribution is 2.58. The Labute approximate surface area is 370 Å². The quantitative estimate of drug-likeness (QED) is 0.154. The fourth-order valence-electron chi connectivity index (χ4n) is 11.7. The molecule has 2 aromatic heterocycles. The van der Waals surface area contributed by atoms with Crippen LogP contribution in [0, 0.1) is 0 Å². The van der Waals surface area contributed by atoms with Crippen molar-refractivity contribution in [2.45, 2.75) is 52.4 Å². The van der Waals surface area contributed by atoms with Crippen LogP contribution < -0.4 is 52.1 Å². The van der Waals surface area contributed by atoms with Crippen molar-refractivity contribution >= 4 is 124 Å². The molecule has 0 amide bonds. The zero-order valence-electron chi connectivity index (χ0n) is 36.4. The van der Waals surface area contributed by atoms with Gasteiger partial charge in [0, 0.05) is 51.1 Å². The van der Waals surface area contributed by atoms with Gasteiger partial charge in [0.05, 0.1) is 22.7 Å². The molecule has 0 aliphatic carbocycles. The zero-order valence-corrected chi connectivity index (χ0v) is 36.4. The highest BCUT2D eigenvalue weighted by Gasteiger charge is 2.54. The fraction of sp³-hybridized carbons (Fsp3) is 0.143. The SMILES string of the molecule is CC(C)(C)c1cc2c3c(c1)N(c1ccccc1)c1cc(C(C)(C)C)cc4c1N3c1c3c(cc5c1B4c1cc4c(cc1O5)oc1ccccc14)Oc1cc4oc5ccccc5c4cc1B23. The third kappa shape index (κ3) is 4.34. The number of ether oxygens (including phenoxy) is 2. The minimum atomic E-state index is -0.141. The summed E-state index contributed by atoms with van der Waals surface area (Å²) in [6.45, 7) is 13.7. The summed E-state index contributed by atoms with van der Waals surface area (Å²) in [4.78, 5) is 5.16. The van der Waals surface area contributed by atoms with Crippen LogP contribution in [0.25, 0.3) is 43.9 Å². The van der Waals surface area contributed by atoms with Crippen LogP contribution >= 0.6 is 0 Å². The molecule has 64 heavy (non-hydrogen) atoms. The Balaban J connectivity index is 1.13. The molecule has 15 rings (SSSR count).